The third-order valence-corrected chi connectivity index (χ3v) is 5.38. The van der Waals surface area contributed by atoms with Crippen molar-refractivity contribution in [2.75, 3.05) is 6.61 Å². The lowest BCUT2D eigenvalue weighted by molar-refractivity contribution is -0.122. The molecule has 26 heavy (non-hydrogen) atoms. The Bertz CT molecular complexity index is 857. The molecule has 8 heteroatoms. The molecule has 0 fully saturated rings. The van der Waals surface area contributed by atoms with Gasteiger partial charge in [0, 0.05) is 6.54 Å². The fourth-order valence-electron chi connectivity index (χ4n) is 2.21. The summed E-state index contributed by atoms with van der Waals surface area (Å²) in [5, 5.41) is 2.89. The molecule has 6 nitrogen and oxygen atoms in total. The van der Waals surface area contributed by atoms with Gasteiger partial charge in [0.05, 0.1) is 22.6 Å². The molecule has 0 radical (unpaired) electrons. The van der Waals surface area contributed by atoms with Gasteiger partial charge >= 0.3 is 0 Å². The van der Waals surface area contributed by atoms with Crippen molar-refractivity contribution in [1.82, 2.24) is 10.0 Å². The molecule has 2 rings (SSSR count). The van der Waals surface area contributed by atoms with Crippen molar-refractivity contribution in [3.8, 4) is 5.75 Å². The fraction of sp³-hybridized carbons (Fsp3) is 0.278. The number of carbonyl (C=O) groups excluding carboxylic acids is 1. The maximum Gasteiger partial charge on any atom is 0.241 e. The molecule has 2 aromatic rings. The lowest BCUT2D eigenvalue weighted by Crippen LogP contribution is -2.44. The summed E-state index contributed by atoms with van der Waals surface area (Å²) >= 11 is 6.03. The van der Waals surface area contributed by atoms with Crippen LogP contribution in [0.2, 0.25) is 5.02 Å². The minimum absolute atomic E-state index is 0.0336. The molecule has 2 aromatic carbocycles. The van der Waals surface area contributed by atoms with Crippen LogP contribution in [0.5, 0.6) is 5.75 Å². The molecule has 0 saturated carbocycles. The van der Waals surface area contributed by atoms with Gasteiger partial charge in [-0.25, -0.2) is 8.42 Å². The first kappa shape index (κ1) is 20.2. The van der Waals surface area contributed by atoms with E-state index in [1.807, 2.05) is 30.3 Å². The van der Waals surface area contributed by atoms with Crippen LogP contribution in [0, 0.1) is 0 Å². The summed E-state index contributed by atoms with van der Waals surface area (Å²) in [5.74, 6) is -0.0174. The highest BCUT2D eigenvalue weighted by Gasteiger charge is 2.22. The number of hydrogen-bond donors (Lipinski definition) is 2. The van der Waals surface area contributed by atoms with Gasteiger partial charge in [0.1, 0.15) is 5.75 Å². The molecular formula is C18H21ClN2O4S. The SMILES string of the molecule is CCOc1ccc(S(=O)(=O)N[C@H](C)C(=O)NCc2ccccc2)cc1Cl. The number of sulfonamides is 1. The Balaban J connectivity index is 2.01. The van der Waals surface area contributed by atoms with Crippen LogP contribution in [0.25, 0.3) is 0 Å². The first-order valence-electron chi connectivity index (χ1n) is 8.10. The van der Waals surface area contributed by atoms with E-state index in [9.17, 15) is 13.2 Å². The molecule has 2 N–H and O–H groups in total. The van der Waals surface area contributed by atoms with E-state index >= 15 is 0 Å². The molecule has 0 heterocycles. The zero-order valence-corrected chi connectivity index (χ0v) is 16.1. The second-order valence-corrected chi connectivity index (χ2v) is 7.69. The average molecular weight is 397 g/mol. The van der Waals surface area contributed by atoms with Crippen LogP contribution in [-0.2, 0) is 21.4 Å². The van der Waals surface area contributed by atoms with Crippen LogP contribution in [-0.4, -0.2) is 27.0 Å². The highest BCUT2D eigenvalue weighted by atomic mass is 35.5. The van der Waals surface area contributed by atoms with Crippen molar-refractivity contribution >= 4 is 27.5 Å². The van der Waals surface area contributed by atoms with Crippen molar-refractivity contribution in [2.24, 2.45) is 0 Å². The van der Waals surface area contributed by atoms with Crippen molar-refractivity contribution in [2.45, 2.75) is 31.3 Å². The lowest BCUT2D eigenvalue weighted by atomic mass is 10.2. The molecule has 1 amide bonds. The topological polar surface area (TPSA) is 84.5 Å². The van der Waals surface area contributed by atoms with E-state index in [1.54, 1.807) is 6.92 Å². The number of nitrogens with one attached hydrogen (secondary N) is 2. The van der Waals surface area contributed by atoms with Gasteiger partial charge in [-0.05, 0) is 37.6 Å². The second-order valence-electron chi connectivity index (χ2n) is 5.57. The van der Waals surface area contributed by atoms with E-state index in [1.165, 1.54) is 25.1 Å². The van der Waals surface area contributed by atoms with Gasteiger partial charge in [-0.15, -0.1) is 0 Å². The van der Waals surface area contributed by atoms with Crippen LogP contribution >= 0.6 is 11.6 Å². The first-order chi connectivity index (χ1) is 12.3. The van der Waals surface area contributed by atoms with E-state index in [4.69, 9.17) is 16.3 Å². The smallest absolute Gasteiger partial charge is 0.241 e. The van der Waals surface area contributed by atoms with Gasteiger partial charge in [0.15, 0.2) is 0 Å². The van der Waals surface area contributed by atoms with Crippen LogP contribution in [0.1, 0.15) is 19.4 Å². The quantitative estimate of drug-likeness (QED) is 0.718. The molecule has 0 spiro atoms. The average Bonchev–Trinajstić information content (AvgIpc) is 2.62. The summed E-state index contributed by atoms with van der Waals surface area (Å²) in [7, 11) is -3.89. The maximum atomic E-state index is 12.5. The molecule has 140 valence electrons. The maximum absolute atomic E-state index is 12.5. The zero-order chi connectivity index (χ0) is 19.2. The number of rotatable bonds is 8. The number of benzene rings is 2. The van der Waals surface area contributed by atoms with E-state index in [2.05, 4.69) is 10.0 Å². The summed E-state index contributed by atoms with van der Waals surface area (Å²) < 4.78 is 32.5. The van der Waals surface area contributed by atoms with Gasteiger partial charge in [0.2, 0.25) is 15.9 Å². The monoisotopic (exact) mass is 396 g/mol. The van der Waals surface area contributed by atoms with E-state index in [0.29, 0.717) is 18.9 Å². The summed E-state index contributed by atoms with van der Waals surface area (Å²) in [6.45, 7) is 4.02. The van der Waals surface area contributed by atoms with Crippen molar-refractivity contribution < 1.29 is 17.9 Å². The summed E-state index contributed by atoms with van der Waals surface area (Å²) in [6.07, 6.45) is 0. The molecule has 0 bridgehead atoms. The summed E-state index contributed by atoms with van der Waals surface area (Å²) in [4.78, 5) is 12.1. The van der Waals surface area contributed by atoms with Crippen molar-refractivity contribution in [3.05, 3.63) is 59.1 Å². The number of amides is 1. The van der Waals surface area contributed by atoms with Crippen molar-refractivity contribution in [3.63, 3.8) is 0 Å². The molecule has 0 saturated heterocycles. The third-order valence-electron chi connectivity index (χ3n) is 3.55. The Morgan fingerprint density at radius 3 is 2.50 bits per heavy atom. The Morgan fingerprint density at radius 1 is 1.19 bits per heavy atom. The van der Waals surface area contributed by atoms with Crippen LogP contribution < -0.4 is 14.8 Å². The molecule has 0 aliphatic heterocycles. The van der Waals surface area contributed by atoms with Gasteiger partial charge in [0.25, 0.3) is 0 Å². The fourth-order valence-corrected chi connectivity index (χ4v) is 3.74. The predicted octanol–water partition coefficient (Wildman–Crippen LogP) is 2.72. The molecule has 0 unspecified atom stereocenters. The normalized spacial score (nSPS) is 12.4. The van der Waals surface area contributed by atoms with E-state index in [-0.39, 0.29) is 9.92 Å². The van der Waals surface area contributed by atoms with Gasteiger partial charge in [-0.1, -0.05) is 41.9 Å². The number of hydrogen-bond acceptors (Lipinski definition) is 4. The van der Waals surface area contributed by atoms with Gasteiger partial charge in [-0.2, -0.15) is 4.72 Å². The Morgan fingerprint density at radius 2 is 1.88 bits per heavy atom. The Hall–Kier alpha value is -2.09. The minimum Gasteiger partial charge on any atom is -0.492 e. The summed E-state index contributed by atoms with van der Waals surface area (Å²) in [5.41, 5.74) is 0.925. The summed E-state index contributed by atoms with van der Waals surface area (Å²) in [6, 6.07) is 12.6. The second kappa shape index (κ2) is 9.02. The number of ether oxygens (including phenoxy) is 1. The first-order valence-corrected chi connectivity index (χ1v) is 9.96. The molecule has 0 aliphatic rings. The van der Waals surface area contributed by atoms with Crippen LogP contribution in [0.4, 0.5) is 0 Å². The Kier molecular flexibility index (Phi) is 7.02. The predicted molar refractivity (Wildman–Crippen MR) is 101 cm³/mol. The molecule has 0 aliphatic carbocycles. The minimum atomic E-state index is -3.89. The Labute approximate surface area is 158 Å². The molecule has 1 atom stereocenters. The molecule has 0 aromatic heterocycles. The third kappa shape index (κ3) is 5.45. The number of carbonyl (C=O) groups is 1. The van der Waals surface area contributed by atoms with E-state index in [0.717, 1.165) is 5.56 Å². The lowest BCUT2D eigenvalue weighted by Gasteiger charge is -2.15. The van der Waals surface area contributed by atoms with Crippen molar-refractivity contribution in [1.29, 1.82) is 0 Å². The standard InChI is InChI=1S/C18H21ClN2O4S/c1-3-25-17-10-9-15(11-16(17)19)26(23,24)21-13(2)18(22)20-12-14-7-5-4-6-8-14/h4-11,13,21H,3,12H2,1-2H3,(H,20,22)/t13-/m1/s1. The highest BCUT2D eigenvalue weighted by molar-refractivity contribution is 7.89. The zero-order valence-electron chi connectivity index (χ0n) is 14.5. The number of halogens is 1. The van der Waals surface area contributed by atoms with Gasteiger partial charge < -0.3 is 10.1 Å². The largest absolute Gasteiger partial charge is 0.492 e. The molecular weight excluding hydrogens is 376 g/mol. The van der Waals surface area contributed by atoms with E-state index < -0.39 is 22.0 Å². The van der Waals surface area contributed by atoms with Crippen LogP contribution in [0.3, 0.4) is 0 Å². The van der Waals surface area contributed by atoms with Crippen LogP contribution in [0.15, 0.2) is 53.4 Å². The highest BCUT2D eigenvalue weighted by Crippen LogP contribution is 2.27. The van der Waals surface area contributed by atoms with Gasteiger partial charge in [-0.3, -0.25) is 4.79 Å².